The van der Waals surface area contributed by atoms with Crippen molar-refractivity contribution in [3.8, 4) is 11.1 Å². The highest BCUT2D eigenvalue weighted by atomic mass is 16.6. The second kappa shape index (κ2) is 7.49. The molecule has 126 valence electrons. The van der Waals surface area contributed by atoms with Gasteiger partial charge in [0, 0.05) is 11.3 Å². The van der Waals surface area contributed by atoms with E-state index < -0.39 is 0 Å². The maximum absolute atomic E-state index is 12.4. The van der Waals surface area contributed by atoms with Crippen LogP contribution in [0.3, 0.4) is 0 Å². The predicted molar refractivity (Wildman–Crippen MR) is 97.9 cm³/mol. The van der Waals surface area contributed by atoms with E-state index in [1.54, 1.807) is 19.2 Å². The molecule has 0 spiro atoms. The maximum Gasteiger partial charge on any atom is 0.259 e. The number of aryl methyl sites for hydroxylation is 1. The van der Waals surface area contributed by atoms with Crippen LogP contribution in [0.5, 0.6) is 0 Å². The van der Waals surface area contributed by atoms with Gasteiger partial charge in [-0.05, 0) is 30.2 Å². The van der Waals surface area contributed by atoms with Gasteiger partial charge >= 0.3 is 0 Å². The molecule has 0 aliphatic carbocycles. The van der Waals surface area contributed by atoms with Gasteiger partial charge in [0.05, 0.1) is 18.0 Å². The Balaban J connectivity index is 1.87. The molecular weight excluding hydrogens is 316 g/mol. The average Bonchev–Trinajstić information content (AvgIpc) is 3.07. The third kappa shape index (κ3) is 3.77. The van der Waals surface area contributed by atoms with Gasteiger partial charge in [-0.2, -0.15) is 0 Å². The molecule has 0 aliphatic heterocycles. The highest BCUT2D eigenvalue weighted by Crippen LogP contribution is 2.28. The van der Waals surface area contributed by atoms with Crippen LogP contribution in [0.2, 0.25) is 0 Å². The Morgan fingerprint density at radius 3 is 2.56 bits per heavy atom. The smallest absolute Gasteiger partial charge is 0.259 e. The number of rotatable bonds is 5. The van der Waals surface area contributed by atoms with Crippen LogP contribution in [0.15, 0.2) is 70.4 Å². The lowest BCUT2D eigenvalue weighted by atomic mass is 10.0. The molecule has 0 bridgehead atoms. The Morgan fingerprint density at radius 2 is 1.88 bits per heavy atom. The number of carbonyl (C=O) groups excluding carboxylic acids is 1. The molecule has 1 heterocycles. The van der Waals surface area contributed by atoms with Gasteiger partial charge in [0.25, 0.3) is 5.91 Å². The largest absolute Gasteiger partial charge is 0.469 e. The molecule has 1 amide bonds. The summed E-state index contributed by atoms with van der Waals surface area (Å²) in [6, 6.07) is 17.2. The molecule has 0 aliphatic rings. The van der Waals surface area contributed by atoms with Crippen LogP contribution in [-0.4, -0.2) is 19.2 Å². The van der Waals surface area contributed by atoms with E-state index in [2.05, 4.69) is 15.3 Å². The summed E-state index contributed by atoms with van der Waals surface area (Å²) in [6.07, 6.45) is 3.15. The molecule has 0 radical (unpaired) electrons. The zero-order valence-corrected chi connectivity index (χ0v) is 14.0. The monoisotopic (exact) mass is 334 g/mol. The summed E-state index contributed by atoms with van der Waals surface area (Å²) < 4.78 is 5.20. The van der Waals surface area contributed by atoms with Gasteiger partial charge in [0.2, 0.25) is 0 Å². The van der Waals surface area contributed by atoms with Crippen molar-refractivity contribution >= 4 is 17.8 Å². The first-order valence-corrected chi connectivity index (χ1v) is 7.80. The zero-order valence-electron chi connectivity index (χ0n) is 14.0. The first-order valence-electron chi connectivity index (χ1n) is 7.80. The van der Waals surface area contributed by atoms with Gasteiger partial charge in [-0.3, -0.25) is 4.79 Å². The Morgan fingerprint density at radius 1 is 1.12 bits per heavy atom. The number of para-hydroxylation sites is 1. The summed E-state index contributed by atoms with van der Waals surface area (Å²) in [6.45, 7) is 1.76. The van der Waals surface area contributed by atoms with Crippen molar-refractivity contribution in [2.24, 2.45) is 5.16 Å². The topological polar surface area (TPSA) is 63.8 Å². The van der Waals surface area contributed by atoms with Crippen molar-refractivity contribution in [1.82, 2.24) is 0 Å². The van der Waals surface area contributed by atoms with Crippen LogP contribution < -0.4 is 5.32 Å². The predicted octanol–water partition coefficient (Wildman–Crippen LogP) is 4.49. The average molecular weight is 334 g/mol. The van der Waals surface area contributed by atoms with Gasteiger partial charge in [-0.25, -0.2) is 0 Å². The van der Waals surface area contributed by atoms with Crippen LogP contribution in [-0.2, 0) is 4.84 Å². The van der Waals surface area contributed by atoms with Crippen LogP contribution in [0, 0.1) is 6.92 Å². The SMILES string of the molecule is CO/N=C/c1ccc(-c2ccccc2NC(=O)c2ccoc2C)cc1. The quantitative estimate of drug-likeness (QED) is 0.552. The summed E-state index contributed by atoms with van der Waals surface area (Å²) in [5.74, 6) is 0.402. The van der Waals surface area contributed by atoms with Gasteiger partial charge < -0.3 is 14.6 Å². The minimum Gasteiger partial charge on any atom is -0.469 e. The van der Waals surface area contributed by atoms with Crippen molar-refractivity contribution in [3.63, 3.8) is 0 Å². The number of carbonyl (C=O) groups is 1. The molecule has 1 aromatic heterocycles. The summed E-state index contributed by atoms with van der Waals surface area (Å²) in [5, 5.41) is 6.70. The standard InChI is InChI=1S/C20H18N2O3/c1-14-17(11-12-25-14)20(23)22-19-6-4-3-5-18(19)16-9-7-15(8-10-16)13-21-24-2/h3-13H,1-2H3,(H,22,23)/b21-13+. The van der Waals surface area contributed by atoms with Gasteiger partial charge in [-0.15, -0.1) is 0 Å². The van der Waals surface area contributed by atoms with E-state index >= 15 is 0 Å². The van der Waals surface area contributed by atoms with Crippen molar-refractivity contribution < 1.29 is 14.0 Å². The van der Waals surface area contributed by atoms with Gasteiger partial charge in [-0.1, -0.05) is 47.6 Å². The number of hydrogen-bond acceptors (Lipinski definition) is 4. The Bertz CT molecular complexity index is 895. The maximum atomic E-state index is 12.4. The lowest BCUT2D eigenvalue weighted by Crippen LogP contribution is -2.12. The normalized spacial score (nSPS) is 10.8. The Kier molecular flexibility index (Phi) is 4.95. The number of nitrogens with zero attached hydrogens (tertiary/aromatic N) is 1. The van der Waals surface area contributed by atoms with Crippen LogP contribution in [0.1, 0.15) is 21.7 Å². The molecule has 0 saturated carbocycles. The fraction of sp³-hybridized carbons (Fsp3) is 0.100. The van der Waals surface area contributed by atoms with Crippen LogP contribution in [0.25, 0.3) is 11.1 Å². The van der Waals surface area contributed by atoms with Gasteiger partial charge in [0.1, 0.15) is 12.9 Å². The third-order valence-corrected chi connectivity index (χ3v) is 3.81. The number of benzene rings is 2. The molecule has 5 nitrogen and oxygen atoms in total. The molecule has 0 atom stereocenters. The molecular formula is C20H18N2O3. The second-order valence-electron chi connectivity index (χ2n) is 5.43. The zero-order chi connectivity index (χ0) is 17.6. The number of hydrogen-bond donors (Lipinski definition) is 1. The molecule has 2 aromatic carbocycles. The number of furan rings is 1. The molecule has 1 N–H and O–H groups in total. The summed E-state index contributed by atoms with van der Waals surface area (Å²) in [5.41, 5.74) is 4.13. The van der Waals surface area contributed by atoms with Crippen molar-refractivity contribution in [1.29, 1.82) is 0 Å². The van der Waals surface area contributed by atoms with Crippen molar-refractivity contribution in [2.45, 2.75) is 6.92 Å². The summed E-state index contributed by atoms with van der Waals surface area (Å²) in [7, 11) is 1.51. The van der Waals surface area contributed by atoms with E-state index in [-0.39, 0.29) is 5.91 Å². The van der Waals surface area contributed by atoms with E-state index in [0.29, 0.717) is 11.3 Å². The minimum absolute atomic E-state index is 0.192. The fourth-order valence-electron chi connectivity index (χ4n) is 2.52. The summed E-state index contributed by atoms with van der Waals surface area (Å²) >= 11 is 0. The van der Waals surface area contributed by atoms with Crippen LogP contribution >= 0.6 is 0 Å². The molecule has 0 fully saturated rings. The number of oxime groups is 1. The second-order valence-corrected chi connectivity index (χ2v) is 5.43. The van der Waals surface area contributed by atoms with E-state index in [0.717, 1.165) is 22.4 Å². The Labute approximate surface area is 145 Å². The number of nitrogens with one attached hydrogen (secondary N) is 1. The first kappa shape index (κ1) is 16.5. The fourth-order valence-corrected chi connectivity index (χ4v) is 2.52. The van der Waals surface area contributed by atoms with Crippen molar-refractivity contribution in [3.05, 3.63) is 77.7 Å². The molecule has 5 heteroatoms. The number of amides is 1. The van der Waals surface area contributed by atoms with Crippen molar-refractivity contribution in [2.75, 3.05) is 12.4 Å². The molecule has 3 rings (SSSR count). The molecule has 25 heavy (non-hydrogen) atoms. The lowest BCUT2D eigenvalue weighted by Gasteiger charge is -2.11. The van der Waals surface area contributed by atoms with E-state index in [4.69, 9.17) is 4.42 Å². The highest BCUT2D eigenvalue weighted by molar-refractivity contribution is 6.06. The van der Waals surface area contributed by atoms with E-state index in [1.807, 2.05) is 48.5 Å². The van der Waals surface area contributed by atoms with E-state index in [1.165, 1.54) is 13.4 Å². The summed E-state index contributed by atoms with van der Waals surface area (Å²) in [4.78, 5) is 17.1. The van der Waals surface area contributed by atoms with Crippen LogP contribution in [0.4, 0.5) is 5.69 Å². The molecule has 0 unspecified atom stereocenters. The minimum atomic E-state index is -0.192. The Hall–Kier alpha value is -3.34. The third-order valence-electron chi connectivity index (χ3n) is 3.81. The molecule has 3 aromatic rings. The van der Waals surface area contributed by atoms with E-state index in [9.17, 15) is 4.79 Å². The highest BCUT2D eigenvalue weighted by Gasteiger charge is 2.13. The number of anilines is 1. The first-order chi connectivity index (χ1) is 12.2. The molecule has 0 saturated heterocycles. The van der Waals surface area contributed by atoms with Gasteiger partial charge in [0.15, 0.2) is 0 Å². The lowest BCUT2D eigenvalue weighted by molar-refractivity contribution is 0.102.